The Balaban J connectivity index is 1.41. The summed E-state index contributed by atoms with van der Waals surface area (Å²) in [5.74, 6) is 0.880. The number of nitrogens with zero attached hydrogens (tertiary/aromatic N) is 3. The van der Waals surface area contributed by atoms with Crippen LogP contribution in [0.5, 0.6) is 0 Å². The highest BCUT2D eigenvalue weighted by Crippen LogP contribution is 2.47. The first-order valence-electron chi connectivity index (χ1n) is 10.4. The monoisotopic (exact) mass is 375 g/mol. The zero-order valence-corrected chi connectivity index (χ0v) is 16.5. The average molecular weight is 376 g/mol. The number of hydrogen-bond donors (Lipinski definition) is 0. The number of ether oxygens (including phenoxy) is 2. The Hall–Kier alpha value is -1.37. The van der Waals surface area contributed by atoms with Crippen LogP contribution in [-0.2, 0) is 20.8 Å². The molecule has 0 N–H and O–H groups in total. The molecule has 1 amide bonds. The van der Waals surface area contributed by atoms with Crippen molar-refractivity contribution in [2.75, 3.05) is 53.1 Å². The first-order valence-corrected chi connectivity index (χ1v) is 10.4. The molecule has 2 aliphatic heterocycles. The number of rotatable bonds is 5. The standard InChI is InChI=1S/C21H33N3O3/c1-26-17-21-6-4-19(23-10-12-27-13-11-23)14-18(21)5-9-24(16-21)20(25)15-22-7-2-3-8-22/h2-3,7-8,18-19H,4-6,9-17H2,1H3/t18-,19-,21+/m1/s1. The van der Waals surface area contributed by atoms with Gasteiger partial charge in [-0.2, -0.15) is 0 Å². The molecule has 6 nitrogen and oxygen atoms in total. The van der Waals surface area contributed by atoms with Crippen LogP contribution in [0.25, 0.3) is 0 Å². The Kier molecular flexibility index (Phi) is 5.85. The molecule has 2 saturated heterocycles. The van der Waals surface area contributed by atoms with E-state index in [4.69, 9.17) is 9.47 Å². The summed E-state index contributed by atoms with van der Waals surface area (Å²) in [4.78, 5) is 17.6. The van der Waals surface area contributed by atoms with Gasteiger partial charge >= 0.3 is 0 Å². The lowest BCUT2D eigenvalue weighted by atomic mass is 9.62. The second kappa shape index (κ2) is 8.33. The first kappa shape index (κ1) is 19.0. The third-order valence-electron chi connectivity index (χ3n) is 6.98. The van der Waals surface area contributed by atoms with Crippen molar-refractivity contribution in [3.05, 3.63) is 24.5 Å². The summed E-state index contributed by atoms with van der Waals surface area (Å²) in [6, 6.07) is 4.61. The largest absolute Gasteiger partial charge is 0.384 e. The third kappa shape index (κ3) is 4.08. The second-order valence-corrected chi connectivity index (χ2v) is 8.53. The molecule has 4 rings (SSSR count). The van der Waals surface area contributed by atoms with Crippen molar-refractivity contribution in [2.45, 2.75) is 38.3 Å². The fourth-order valence-electron chi connectivity index (χ4n) is 5.50. The summed E-state index contributed by atoms with van der Waals surface area (Å²) >= 11 is 0. The summed E-state index contributed by atoms with van der Waals surface area (Å²) in [6.45, 7) is 6.80. The number of piperidine rings is 1. The number of amides is 1. The van der Waals surface area contributed by atoms with E-state index in [0.717, 1.165) is 58.8 Å². The number of morpholine rings is 1. The van der Waals surface area contributed by atoms with E-state index in [1.807, 2.05) is 29.1 Å². The van der Waals surface area contributed by atoms with Crippen LogP contribution in [0.1, 0.15) is 25.7 Å². The van der Waals surface area contributed by atoms with Crippen molar-refractivity contribution < 1.29 is 14.3 Å². The topological polar surface area (TPSA) is 46.9 Å². The molecule has 150 valence electrons. The molecule has 0 bridgehead atoms. The maximum atomic E-state index is 12.8. The molecule has 1 saturated carbocycles. The molecule has 0 aromatic carbocycles. The van der Waals surface area contributed by atoms with Gasteiger partial charge in [-0.05, 0) is 43.7 Å². The van der Waals surface area contributed by atoms with Crippen molar-refractivity contribution in [3.8, 4) is 0 Å². The lowest BCUT2D eigenvalue weighted by Crippen LogP contribution is -2.58. The summed E-state index contributed by atoms with van der Waals surface area (Å²) < 4.78 is 13.2. The smallest absolute Gasteiger partial charge is 0.242 e. The summed E-state index contributed by atoms with van der Waals surface area (Å²) in [5, 5.41) is 0. The predicted molar refractivity (Wildman–Crippen MR) is 103 cm³/mol. The van der Waals surface area contributed by atoms with Crippen molar-refractivity contribution in [2.24, 2.45) is 11.3 Å². The van der Waals surface area contributed by atoms with Gasteiger partial charge in [-0.1, -0.05) is 0 Å². The molecule has 3 atom stereocenters. The zero-order valence-electron chi connectivity index (χ0n) is 16.5. The van der Waals surface area contributed by atoms with Gasteiger partial charge < -0.3 is 18.9 Å². The summed E-state index contributed by atoms with van der Waals surface area (Å²) in [5.41, 5.74) is 0.127. The van der Waals surface area contributed by atoms with E-state index in [2.05, 4.69) is 9.80 Å². The Morgan fingerprint density at radius 2 is 1.96 bits per heavy atom. The maximum absolute atomic E-state index is 12.8. The number of carbonyl (C=O) groups is 1. The van der Waals surface area contributed by atoms with E-state index in [1.54, 1.807) is 7.11 Å². The Labute approximate surface area is 162 Å². The van der Waals surface area contributed by atoms with E-state index in [1.165, 1.54) is 12.8 Å². The summed E-state index contributed by atoms with van der Waals surface area (Å²) in [6.07, 6.45) is 8.62. The number of aromatic nitrogens is 1. The van der Waals surface area contributed by atoms with Crippen LogP contribution in [0.2, 0.25) is 0 Å². The van der Waals surface area contributed by atoms with Gasteiger partial charge in [0, 0.05) is 57.1 Å². The van der Waals surface area contributed by atoms with E-state index in [9.17, 15) is 4.79 Å². The first-order chi connectivity index (χ1) is 13.2. The van der Waals surface area contributed by atoms with Crippen molar-refractivity contribution in [1.82, 2.24) is 14.4 Å². The lowest BCUT2D eigenvalue weighted by molar-refractivity contribution is -0.143. The molecular formula is C21H33N3O3. The van der Waals surface area contributed by atoms with E-state index in [0.29, 0.717) is 18.5 Å². The van der Waals surface area contributed by atoms with Gasteiger partial charge in [-0.3, -0.25) is 9.69 Å². The highest BCUT2D eigenvalue weighted by atomic mass is 16.5. The normalized spacial score (nSPS) is 32.3. The molecule has 0 spiro atoms. The number of carbonyl (C=O) groups excluding carboxylic acids is 1. The van der Waals surface area contributed by atoms with Gasteiger partial charge in [0.2, 0.25) is 5.91 Å². The predicted octanol–water partition coefficient (Wildman–Crippen LogP) is 1.85. The van der Waals surface area contributed by atoms with E-state index < -0.39 is 0 Å². The SMILES string of the molecule is COC[C@@]12CC[C@@H](N3CCOCC3)C[C@H]1CCN(C(=O)Cn1cccc1)C2. The van der Waals surface area contributed by atoms with Crippen LogP contribution >= 0.6 is 0 Å². The van der Waals surface area contributed by atoms with Gasteiger partial charge in [0.1, 0.15) is 6.54 Å². The molecular weight excluding hydrogens is 342 g/mol. The molecule has 3 aliphatic rings. The van der Waals surface area contributed by atoms with Gasteiger partial charge in [0.25, 0.3) is 0 Å². The molecule has 1 aromatic heterocycles. The van der Waals surface area contributed by atoms with Gasteiger partial charge in [0.15, 0.2) is 0 Å². The number of hydrogen-bond acceptors (Lipinski definition) is 4. The quantitative estimate of drug-likeness (QED) is 0.788. The van der Waals surface area contributed by atoms with E-state index in [-0.39, 0.29) is 11.3 Å². The van der Waals surface area contributed by atoms with Crippen LogP contribution in [0.3, 0.4) is 0 Å². The minimum atomic E-state index is 0.127. The Morgan fingerprint density at radius 1 is 1.19 bits per heavy atom. The highest BCUT2D eigenvalue weighted by Gasteiger charge is 2.48. The number of fused-ring (bicyclic) bond motifs is 1. The van der Waals surface area contributed by atoms with Gasteiger partial charge in [-0.15, -0.1) is 0 Å². The number of methoxy groups -OCH3 is 1. The average Bonchev–Trinajstić information content (AvgIpc) is 3.21. The minimum Gasteiger partial charge on any atom is -0.384 e. The zero-order chi connectivity index (χ0) is 18.7. The lowest BCUT2D eigenvalue weighted by Gasteiger charge is -2.54. The van der Waals surface area contributed by atoms with Crippen LogP contribution in [0.4, 0.5) is 0 Å². The molecule has 3 heterocycles. The third-order valence-corrected chi connectivity index (χ3v) is 6.98. The molecule has 1 aliphatic carbocycles. The second-order valence-electron chi connectivity index (χ2n) is 8.53. The van der Waals surface area contributed by atoms with Crippen molar-refractivity contribution in [3.63, 3.8) is 0 Å². The molecule has 0 unspecified atom stereocenters. The van der Waals surface area contributed by atoms with Crippen LogP contribution < -0.4 is 0 Å². The van der Waals surface area contributed by atoms with Crippen LogP contribution in [-0.4, -0.2) is 79.4 Å². The van der Waals surface area contributed by atoms with Crippen molar-refractivity contribution >= 4 is 5.91 Å². The molecule has 6 heteroatoms. The molecule has 0 radical (unpaired) electrons. The molecule has 3 fully saturated rings. The number of likely N-dealkylation sites (tertiary alicyclic amines) is 1. The van der Waals surface area contributed by atoms with Crippen molar-refractivity contribution in [1.29, 1.82) is 0 Å². The molecule has 1 aromatic rings. The fourth-order valence-corrected chi connectivity index (χ4v) is 5.50. The van der Waals surface area contributed by atoms with Gasteiger partial charge in [-0.25, -0.2) is 0 Å². The highest BCUT2D eigenvalue weighted by molar-refractivity contribution is 5.76. The molecule has 27 heavy (non-hydrogen) atoms. The van der Waals surface area contributed by atoms with E-state index >= 15 is 0 Å². The Bertz CT molecular complexity index is 614. The maximum Gasteiger partial charge on any atom is 0.242 e. The minimum absolute atomic E-state index is 0.127. The fraction of sp³-hybridized carbons (Fsp3) is 0.762. The summed E-state index contributed by atoms with van der Waals surface area (Å²) in [7, 11) is 1.81. The van der Waals surface area contributed by atoms with Crippen LogP contribution in [0.15, 0.2) is 24.5 Å². The van der Waals surface area contributed by atoms with Crippen LogP contribution in [0, 0.1) is 11.3 Å². The van der Waals surface area contributed by atoms with Gasteiger partial charge in [0.05, 0.1) is 19.8 Å². The Morgan fingerprint density at radius 3 is 2.70 bits per heavy atom.